The second-order valence-corrected chi connectivity index (χ2v) is 5.69. The van der Waals surface area contributed by atoms with Crippen LogP contribution >= 0.6 is 0 Å². The third-order valence-electron chi connectivity index (χ3n) is 3.87. The van der Waals surface area contributed by atoms with Crippen molar-refractivity contribution < 1.29 is 24.1 Å². The molecule has 0 amide bonds. The molecule has 0 spiro atoms. The van der Waals surface area contributed by atoms with E-state index in [1.54, 1.807) is 24.3 Å². The van der Waals surface area contributed by atoms with E-state index in [0.29, 0.717) is 11.1 Å². The van der Waals surface area contributed by atoms with Crippen molar-refractivity contribution in [1.82, 2.24) is 0 Å². The Balaban J connectivity index is 2.32. The summed E-state index contributed by atoms with van der Waals surface area (Å²) in [7, 11) is 1.52. The molecule has 2 rings (SSSR count). The molecule has 5 heteroatoms. The van der Waals surface area contributed by atoms with Gasteiger partial charge in [-0.15, -0.1) is 0 Å². The van der Waals surface area contributed by atoms with Crippen LogP contribution < -0.4 is 0 Å². The van der Waals surface area contributed by atoms with Crippen LogP contribution in [0.5, 0.6) is 0 Å². The van der Waals surface area contributed by atoms with E-state index in [0.717, 1.165) is 11.1 Å². The number of carbonyl (C=O) groups is 2. The van der Waals surface area contributed by atoms with Crippen LogP contribution in [-0.4, -0.2) is 32.1 Å². The first-order chi connectivity index (χ1) is 12.1. The average Bonchev–Trinajstić information content (AvgIpc) is 2.60. The van der Waals surface area contributed by atoms with Crippen LogP contribution in [-0.2, 0) is 19.3 Å². The second kappa shape index (κ2) is 9.11. The van der Waals surface area contributed by atoms with Gasteiger partial charge in [-0.2, -0.15) is 4.89 Å². The SMILES string of the molecule is COCCOOC(=O)C(C(=O)c1c(C)cccc1C)c1ccccc1. The summed E-state index contributed by atoms with van der Waals surface area (Å²) in [6, 6.07) is 14.4. The zero-order valence-electron chi connectivity index (χ0n) is 14.7. The lowest BCUT2D eigenvalue weighted by atomic mass is 9.87. The van der Waals surface area contributed by atoms with Crippen molar-refractivity contribution >= 4 is 11.8 Å². The van der Waals surface area contributed by atoms with Crippen molar-refractivity contribution in [2.75, 3.05) is 20.3 Å². The number of carbonyl (C=O) groups excluding carboxylic acids is 2. The van der Waals surface area contributed by atoms with Crippen LogP contribution in [0.3, 0.4) is 0 Å². The van der Waals surface area contributed by atoms with Gasteiger partial charge >= 0.3 is 5.97 Å². The molecule has 5 nitrogen and oxygen atoms in total. The van der Waals surface area contributed by atoms with Gasteiger partial charge in [-0.05, 0) is 30.5 Å². The summed E-state index contributed by atoms with van der Waals surface area (Å²) < 4.78 is 4.83. The van der Waals surface area contributed by atoms with Crippen molar-refractivity contribution in [3.8, 4) is 0 Å². The van der Waals surface area contributed by atoms with Crippen molar-refractivity contribution in [3.63, 3.8) is 0 Å². The van der Waals surface area contributed by atoms with E-state index in [2.05, 4.69) is 0 Å². The summed E-state index contributed by atoms with van der Waals surface area (Å²) in [4.78, 5) is 35.4. The zero-order valence-corrected chi connectivity index (χ0v) is 14.7. The largest absolute Gasteiger partial charge is 0.382 e. The highest BCUT2D eigenvalue weighted by Crippen LogP contribution is 2.26. The fourth-order valence-electron chi connectivity index (χ4n) is 2.65. The molecule has 0 aliphatic carbocycles. The zero-order chi connectivity index (χ0) is 18.2. The van der Waals surface area contributed by atoms with Crippen LogP contribution in [0.25, 0.3) is 0 Å². The Labute approximate surface area is 147 Å². The first-order valence-electron chi connectivity index (χ1n) is 8.04. The Hall–Kier alpha value is -2.50. The minimum atomic E-state index is -1.08. The van der Waals surface area contributed by atoms with Gasteiger partial charge in [0.05, 0.1) is 6.61 Å². The highest BCUT2D eigenvalue weighted by Gasteiger charge is 2.33. The van der Waals surface area contributed by atoms with E-state index in [9.17, 15) is 9.59 Å². The summed E-state index contributed by atoms with van der Waals surface area (Å²) >= 11 is 0. The molecule has 0 aromatic heterocycles. The molecule has 25 heavy (non-hydrogen) atoms. The summed E-state index contributed by atoms with van der Waals surface area (Å²) in [5.74, 6) is -2.12. The molecule has 2 aromatic rings. The lowest BCUT2D eigenvalue weighted by Gasteiger charge is -2.17. The minimum Gasteiger partial charge on any atom is -0.382 e. The van der Waals surface area contributed by atoms with Crippen LogP contribution in [0.4, 0.5) is 0 Å². The maximum Gasteiger partial charge on any atom is 0.357 e. The molecule has 0 radical (unpaired) electrons. The fourth-order valence-corrected chi connectivity index (χ4v) is 2.65. The van der Waals surface area contributed by atoms with E-state index in [1.807, 2.05) is 38.1 Å². The van der Waals surface area contributed by atoms with Crippen molar-refractivity contribution in [2.24, 2.45) is 0 Å². The number of benzene rings is 2. The number of rotatable bonds is 8. The van der Waals surface area contributed by atoms with E-state index in [1.165, 1.54) is 7.11 Å². The van der Waals surface area contributed by atoms with E-state index in [4.69, 9.17) is 14.5 Å². The Bertz CT molecular complexity index is 704. The average molecular weight is 342 g/mol. The maximum absolute atomic E-state index is 13.1. The molecule has 0 fully saturated rings. The summed E-state index contributed by atoms with van der Waals surface area (Å²) in [5, 5.41) is 0. The first kappa shape index (κ1) is 18.8. The Morgan fingerprint density at radius 2 is 1.56 bits per heavy atom. The molecule has 132 valence electrons. The maximum atomic E-state index is 13.1. The number of ketones is 1. The van der Waals surface area contributed by atoms with E-state index < -0.39 is 11.9 Å². The van der Waals surface area contributed by atoms with Crippen LogP contribution in [0.1, 0.15) is 33.0 Å². The third kappa shape index (κ3) is 4.75. The number of hydrogen-bond donors (Lipinski definition) is 0. The van der Waals surface area contributed by atoms with Gasteiger partial charge in [-0.3, -0.25) is 9.68 Å². The summed E-state index contributed by atoms with van der Waals surface area (Å²) in [6.07, 6.45) is 0. The molecule has 0 saturated carbocycles. The van der Waals surface area contributed by atoms with Crippen LogP contribution in [0.2, 0.25) is 0 Å². The topological polar surface area (TPSA) is 61.8 Å². The quantitative estimate of drug-likeness (QED) is 0.242. The van der Waals surface area contributed by atoms with Crippen molar-refractivity contribution in [1.29, 1.82) is 0 Å². The Kier molecular flexibility index (Phi) is 6.86. The van der Waals surface area contributed by atoms with E-state index in [-0.39, 0.29) is 19.0 Å². The highest BCUT2D eigenvalue weighted by atomic mass is 17.2. The normalized spacial score (nSPS) is 11.8. The van der Waals surface area contributed by atoms with Gasteiger partial charge in [0, 0.05) is 12.7 Å². The molecule has 0 saturated heterocycles. The first-order valence-corrected chi connectivity index (χ1v) is 8.04. The molecule has 0 aliphatic heterocycles. The molecule has 0 bridgehead atoms. The number of ether oxygens (including phenoxy) is 1. The predicted molar refractivity (Wildman–Crippen MR) is 93.3 cm³/mol. The van der Waals surface area contributed by atoms with Gasteiger partial charge in [-0.25, -0.2) is 4.79 Å². The highest BCUT2D eigenvalue weighted by molar-refractivity contribution is 6.14. The van der Waals surface area contributed by atoms with Gasteiger partial charge in [-0.1, -0.05) is 48.5 Å². The van der Waals surface area contributed by atoms with Crippen LogP contribution in [0.15, 0.2) is 48.5 Å². The molecule has 0 N–H and O–H groups in total. The van der Waals surface area contributed by atoms with Crippen molar-refractivity contribution in [3.05, 3.63) is 70.8 Å². The van der Waals surface area contributed by atoms with Gasteiger partial charge in [0.1, 0.15) is 12.5 Å². The summed E-state index contributed by atoms with van der Waals surface area (Å²) in [6.45, 7) is 4.08. The number of hydrogen-bond acceptors (Lipinski definition) is 5. The van der Waals surface area contributed by atoms with Gasteiger partial charge < -0.3 is 4.74 Å². The van der Waals surface area contributed by atoms with Crippen molar-refractivity contribution in [2.45, 2.75) is 19.8 Å². The standard InChI is InChI=1S/C20H22O5/c1-14-8-7-9-15(2)17(14)19(21)18(16-10-5-4-6-11-16)20(22)25-24-13-12-23-3/h4-11,18H,12-13H2,1-3H3. The molecule has 0 heterocycles. The minimum absolute atomic E-state index is 0.0985. The van der Waals surface area contributed by atoms with Crippen LogP contribution in [0, 0.1) is 13.8 Å². The molecular weight excluding hydrogens is 320 g/mol. The Morgan fingerprint density at radius 1 is 0.920 bits per heavy atom. The monoisotopic (exact) mass is 342 g/mol. The fraction of sp³-hybridized carbons (Fsp3) is 0.300. The molecule has 1 unspecified atom stereocenters. The molecule has 2 aromatic carbocycles. The lowest BCUT2D eigenvalue weighted by molar-refractivity contribution is -0.276. The van der Waals surface area contributed by atoms with E-state index >= 15 is 0 Å². The number of aryl methyl sites for hydroxylation is 2. The third-order valence-corrected chi connectivity index (χ3v) is 3.87. The van der Waals surface area contributed by atoms with Gasteiger partial charge in [0.25, 0.3) is 0 Å². The summed E-state index contributed by atoms with van der Waals surface area (Å²) in [5.41, 5.74) is 2.73. The number of Topliss-reactive ketones (excluding diaryl/α,β-unsaturated/α-hetero) is 1. The molecule has 0 aliphatic rings. The molecule has 1 atom stereocenters. The lowest BCUT2D eigenvalue weighted by Crippen LogP contribution is -2.26. The Morgan fingerprint density at radius 3 is 2.16 bits per heavy atom. The second-order valence-electron chi connectivity index (χ2n) is 5.69. The predicted octanol–water partition coefficient (Wildman–Crippen LogP) is 3.39. The van der Waals surface area contributed by atoms with Gasteiger partial charge in [0.15, 0.2) is 5.78 Å². The smallest absolute Gasteiger partial charge is 0.357 e. The number of methoxy groups -OCH3 is 1. The van der Waals surface area contributed by atoms with Gasteiger partial charge in [0.2, 0.25) is 0 Å². The molecular formula is C20H22O5.